The van der Waals surface area contributed by atoms with Crippen molar-refractivity contribution in [2.45, 2.75) is 26.8 Å². The van der Waals surface area contributed by atoms with Crippen LogP contribution in [-0.4, -0.2) is 60.0 Å². The highest BCUT2D eigenvalue weighted by Crippen LogP contribution is 2.01. The summed E-state index contributed by atoms with van der Waals surface area (Å²) in [6, 6.07) is 1.98. The number of amides is 1. The molecule has 6 nitrogen and oxygen atoms in total. The van der Waals surface area contributed by atoms with E-state index in [1.807, 2.05) is 19.9 Å². The van der Waals surface area contributed by atoms with Crippen molar-refractivity contribution in [3.05, 3.63) is 17.5 Å². The Morgan fingerprint density at radius 1 is 1.40 bits per heavy atom. The van der Waals surface area contributed by atoms with Crippen molar-refractivity contribution in [2.75, 3.05) is 39.4 Å². The monoisotopic (exact) mass is 280 g/mol. The van der Waals surface area contributed by atoms with Crippen molar-refractivity contribution in [3.8, 4) is 0 Å². The predicted molar refractivity (Wildman–Crippen MR) is 76.6 cm³/mol. The van der Waals surface area contributed by atoms with E-state index in [4.69, 9.17) is 4.74 Å². The highest BCUT2D eigenvalue weighted by molar-refractivity contribution is 5.75. The first-order chi connectivity index (χ1) is 9.65. The average Bonchev–Trinajstić information content (AvgIpc) is 2.74. The van der Waals surface area contributed by atoms with Crippen LogP contribution in [0, 0.1) is 13.8 Å². The van der Waals surface area contributed by atoms with Gasteiger partial charge in [-0.2, -0.15) is 5.10 Å². The fourth-order valence-corrected chi connectivity index (χ4v) is 2.38. The average molecular weight is 280 g/mol. The molecule has 0 radical (unpaired) electrons. The predicted octanol–water partition coefficient (Wildman–Crippen LogP) is 0.338. The molecule has 1 saturated heterocycles. The molecule has 1 amide bonds. The van der Waals surface area contributed by atoms with E-state index in [-0.39, 0.29) is 5.91 Å². The van der Waals surface area contributed by atoms with Gasteiger partial charge in [0, 0.05) is 25.3 Å². The highest BCUT2D eigenvalue weighted by atomic mass is 16.5. The van der Waals surface area contributed by atoms with Crippen LogP contribution in [-0.2, 0) is 16.1 Å². The summed E-state index contributed by atoms with van der Waals surface area (Å²) in [5.74, 6) is 0.0261. The van der Waals surface area contributed by atoms with Crippen molar-refractivity contribution in [2.24, 2.45) is 0 Å². The smallest absolute Gasteiger partial charge is 0.241 e. The number of aryl methyl sites for hydroxylation is 2. The van der Waals surface area contributed by atoms with Gasteiger partial charge in [-0.1, -0.05) is 0 Å². The van der Waals surface area contributed by atoms with Crippen LogP contribution in [0.4, 0.5) is 0 Å². The lowest BCUT2D eigenvalue weighted by molar-refractivity contribution is -0.121. The van der Waals surface area contributed by atoms with Gasteiger partial charge < -0.3 is 10.1 Å². The Labute approximate surface area is 120 Å². The Hall–Kier alpha value is -1.40. The number of ether oxygens (including phenoxy) is 1. The minimum atomic E-state index is 0.0261. The van der Waals surface area contributed by atoms with Crippen LogP contribution < -0.4 is 5.32 Å². The van der Waals surface area contributed by atoms with Gasteiger partial charge in [0.25, 0.3) is 0 Å². The summed E-state index contributed by atoms with van der Waals surface area (Å²) in [7, 11) is 0. The molecular formula is C14H24N4O2. The molecule has 2 heterocycles. The molecule has 0 bridgehead atoms. The second-order valence-electron chi connectivity index (χ2n) is 5.24. The minimum Gasteiger partial charge on any atom is -0.379 e. The molecule has 0 atom stereocenters. The van der Waals surface area contributed by atoms with Crippen LogP contribution in [0.15, 0.2) is 6.07 Å². The lowest BCUT2D eigenvalue weighted by Gasteiger charge is -2.26. The second-order valence-corrected chi connectivity index (χ2v) is 5.24. The molecule has 1 N–H and O–H groups in total. The summed E-state index contributed by atoms with van der Waals surface area (Å²) in [5.41, 5.74) is 1.97. The van der Waals surface area contributed by atoms with Crippen LogP contribution in [0.25, 0.3) is 0 Å². The van der Waals surface area contributed by atoms with Crippen LogP contribution >= 0.6 is 0 Å². The van der Waals surface area contributed by atoms with E-state index < -0.39 is 0 Å². The van der Waals surface area contributed by atoms with Crippen LogP contribution in [0.5, 0.6) is 0 Å². The van der Waals surface area contributed by atoms with E-state index in [0.717, 1.165) is 57.2 Å². The number of nitrogens with zero attached hydrogens (tertiary/aromatic N) is 3. The van der Waals surface area contributed by atoms with Crippen molar-refractivity contribution < 1.29 is 9.53 Å². The third kappa shape index (κ3) is 4.61. The fraction of sp³-hybridized carbons (Fsp3) is 0.714. The number of nitrogens with one attached hydrogen (secondary N) is 1. The number of carbonyl (C=O) groups is 1. The molecule has 0 aliphatic carbocycles. The molecule has 0 unspecified atom stereocenters. The third-order valence-corrected chi connectivity index (χ3v) is 3.47. The van der Waals surface area contributed by atoms with Crippen molar-refractivity contribution in [1.82, 2.24) is 20.0 Å². The summed E-state index contributed by atoms with van der Waals surface area (Å²) in [5, 5.41) is 7.24. The maximum absolute atomic E-state index is 11.8. The molecule has 112 valence electrons. The molecule has 0 saturated carbocycles. The first kappa shape index (κ1) is 15.0. The van der Waals surface area contributed by atoms with Gasteiger partial charge >= 0.3 is 0 Å². The zero-order valence-corrected chi connectivity index (χ0v) is 12.4. The molecule has 20 heavy (non-hydrogen) atoms. The lowest BCUT2D eigenvalue weighted by Crippen LogP contribution is -2.38. The van der Waals surface area contributed by atoms with Gasteiger partial charge in [-0.05, 0) is 32.9 Å². The largest absolute Gasteiger partial charge is 0.379 e. The molecule has 0 spiro atoms. The summed E-state index contributed by atoms with van der Waals surface area (Å²) >= 11 is 0. The van der Waals surface area contributed by atoms with E-state index in [1.54, 1.807) is 4.68 Å². The quantitative estimate of drug-likeness (QED) is 0.763. The molecule has 1 aliphatic heterocycles. The van der Waals surface area contributed by atoms with Gasteiger partial charge in [-0.3, -0.25) is 14.4 Å². The Balaban J connectivity index is 1.61. The van der Waals surface area contributed by atoms with Crippen LogP contribution in [0.3, 0.4) is 0 Å². The molecular weight excluding hydrogens is 256 g/mol. The maximum Gasteiger partial charge on any atom is 0.241 e. The van der Waals surface area contributed by atoms with Gasteiger partial charge in [0.15, 0.2) is 0 Å². The summed E-state index contributed by atoms with van der Waals surface area (Å²) in [4.78, 5) is 14.2. The second kappa shape index (κ2) is 7.40. The van der Waals surface area contributed by atoms with Gasteiger partial charge in [0.2, 0.25) is 5.91 Å². The molecule has 1 aromatic heterocycles. The van der Waals surface area contributed by atoms with Crippen LogP contribution in [0.1, 0.15) is 17.8 Å². The molecule has 1 fully saturated rings. The molecule has 6 heteroatoms. The van der Waals surface area contributed by atoms with Crippen molar-refractivity contribution in [1.29, 1.82) is 0 Å². The molecule has 1 aliphatic rings. The minimum absolute atomic E-state index is 0.0261. The van der Waals surface area contributed by atoms with E-state index in [1.165, 1.54) is 0 Å². The van der Waals surface area contributed by atoms with Gasteiger partial charge in [0.1, 0.15) is 6.54 Å². The summed E-state index contributed by atoms with van der Waals surface area (Å²) in [6.07, 6.45) is 0.975. The lowest BCUT2D eigenvalue weighted by atomic mass is 10.3. The topological polar surface area (TPSA) is 59.4 Å². The molecule has 2 rings (SSSR count). The number of hydrogen-bond donors (Lipinski definition) is 1. The summed E-state index contributed by atoms with van der Waals surface area (Å²) in [6.45, 7) is 9.58. The zero-order valence-electron chi connectivity index (χ0n) is 12.4. The van der Waals surface area contributed by atoms with E-state index in [9.17, 15) is 4.79 Å². The Morgan fingerprint density at radius 3 is 2.80 bits per heavy atom. The van der Waals surface area contributed by atoms with Crippen molar-refractivity contribution >= 4 is 5.91 Å². The van der Waals surface area contributed by atoms with Gasteiger partial charge in [0.05, 0.1) is 18.9 Å². The fourth-order valence-electron chi connectivity index (χ4n) is 2.38. The highest BCUT2D eigenvalue weighted by Gasteiger charge is 2.10. The van der Waals surface area contributed by atoms with E-state index in [0.29, 0.717) is 6.54 Å². The van der Waals surface area contributed by atoms with Gasteiger partial charge in [-0.25, -0.2) is 0 Å². The van der Waals surface area contributed by atoms with E-state index >= 15 is 0 Å². The Morgan fingerprint density at radius 2 is 2.15 bits per heavy atom. The standard InChI is InChI=1S/C14H24N4O2/c1-12-10-13(2)18(16-12)11-14(19)15-4-3-5-17-6-8-20-9-7-17/h10H,3-9,11H2,1-2H3,(H,15,19). The first-order valence-electron chi connectivity index (χ1n) is 7.23. The number of hydrogen-bond acceptors (Lipinski definition) is 4. The maximum atomic E-state index is 11.8. The number of rotatable bonds is 6. The normalized spacial score (nSPS) is 16.3. The number of carbonyl (C=O) groups excluding carboxylic acids is 1. The van der Waals surface area contributed by atoms with E-state index in [2.05, 4.69) is 15.3 Å². The summed E-state index contributed by atoms with van der Waals surface area (Å²) < 4.78 is 7.05. The van der Waals surface area contributed by atoms with Crippen molar-refractivity contribution in [3.63, 3.8) is 0 Å². The van der Waals surface area contributed by atoms with Crippen LogP contribution in [0.2, 0.25) is 0 Å². The third-order valence-electron chi connectivity index (χ3n) is 3.47. The Bertz CT molecular complexity index is 438. The number of aromatic nitrogens is 2. The Kier molecular flexibility index (Phi) is 5.55. The number of morpholine rings is 1. The SMILES string of the molecule is Cc1cc(C)n(CC(=O)NCCCN2CCOCC2)n1. The zero-order chi connectivity index (χ0) is 14.4. The van der Waals surface area contributed by atoms with Gasteiger partial charge in [-0.15, -0.1) is 0 Å². The molecule has 0 aromatic carbocycles. The first-order valence-corrected chi connectivity index (χ1v) is 7.23. The molecule has 1 aromatic rings.